The van der Waals surface area contributed by atoms with Crippen molar-refractivity contribution in [2.24, 2.45) is 0 Å². The minimum atomic E-state index is -0.0802. The number of ether oxygens (including phenoxy) is 4. The van der Waals surface area contributed by atoms with Crippen molar-refractivity contribution >= 4 is 136 Å². The van der Waals surface area contributed by atoms with E-state index in [1.54, 1.807) is 0 Å². The first kappa shape index (κ1) is 131. The molecular weight excluding hydrogens is 1700 g/mol. The van der Waals surface area contributed by atoms with Gasteiger partial charge >= 0.3 is 71.7 Å². The summed E-state index contributed by atoms with van der Waals surface area (Å²) in [6.45, 7) is 16.7. The number of rotatable bonds is 88. The summed E-state index contributed by atoms with van der Waals surface area (Å²) in [4.78, 5) is 45.3. The topological polar surface area (TPSA) is 105 Å². The molecule has 0 heterocycles. The van der Waals surface area contributed by atoms with Crippen LogP contribution in [0.2, 0.25) is 0 Å². The summed E-state index contributed by atoms with van der Waals surface area (Å²) < 4.78 is 19.9. The number of hydrogen-bond donors (Lipinski definition) is 0. The quantitative estimate of drug-likeness (QED) is 0.0145. The Balaban J connectivity index is -0.000000180. The summed E-state index contributed by atoms with van der Waals surface area (Å²) in [6, 6.07) is 0. The van der Waals surface area contributed by atoms with Gasteiger partial charge in [-0.25, -0.2) is 0 Å². The number of allylic oxidation sites excluding steroid dienone is 4. The second kappa shape index (κ2) is 128. The van der Waals surface area contributed by atoms with Crippen molar-refractivity contribution in [3.05, 3.63) is 50.6 Å². The van der Waals surface area contributed by atoms with Crippen molar-refractivity contribution in [2.75, 3.05) is 49.4 Å². The number of carbonyl (C=O) groups is 4. The summed E-state index contributed by atoms with van der Waals surface area (Å²) in [5.41, 5.74) is 0. The van der Waals surface area contributed by atoms with Gasteiger partial charge in [0.15, 0.2) is 0 Å². The van der Waals surface area contributed by atoms with Gasteiger partial charge in [-0.3, -0.25) is 19.2 Å². The fourth-order valence-electron chi connectivity index (χ4n) is 13.7. The Bertz CT molecular complexity index is 1540. The van der Waals surface area contributed by atoms with Gasteiger partial charge in [0.2, 0.25) is 0 Å². The van der Waals surface area contributed by atoms with Gasteiger partial charge < -0.3 is 69.5 Å². The molecule has 668 valence electrons. The molecule has 0 aromatic carbocycles. The predicted molar refractivity (Wildman–Crippen MR) is 520 cm³/mol. The molecule has 0 saturated carbocycles. The van der Waals surface area contributed by atoms with E-state index < -0.39 is 0 Å². The monoisotopic (exact) mass is 1900 g/mol. The predicted octanol–water partition coefficient (Wildman–Crippen LogP) is 31.3. The second-order valence-corrected chi connectivity index (χ2v) is 32.7. The van der Waals surface area contributed by atoms with Gasteiger partial charge in [0.05, 0.1) is 26.4 Å². The molecule has 0 amide bonds. The summed E-state index contributed by atoms with van der Waals surface area (Å²) in [7, 11) is 0. The molecule has 0 rings (SSSR count). The Kier molecular flexibility index (Phi) is 148. The molecule has 0 atom stereocenters. The third-order valence-electron chi connectivity index (χ3n) is 20.5. The summed E-state index contributed by atoms with van der Waals surface area (Å²) in [5, 5.41) is 0. The Morgan fingerprint density at radius 2 is 0.274 bits per heavy atom. The normalized spacial score (nSPS) is 10.4. The number of hydrogen-bond acceptors (Lipinski definition) is 12. The van der Waals surface area contributed by atoms with Gasteiger partial charge in [-0.15, -0.1) is 49.3 Å². The molecule has 0 aliphatic carbocycles. The first-order valence-corrected chi connectivity index (χ1v) is 48.9. The van der Waals surface area contributed by atoms with E-state index in [9.17, 15) is 19.2 Å². The first-order valence-electron chi connectivity index (χ1n) is 46.6. The van der Waals surface area contributed by atoms with Crippen LogP contribution in [0.4, 0.5) is 0 Å². The van der Waals surface area contributed by atoms with E-state index in [-0.39, 0.29) is 100 Å². The van der Waals surface area contributed by atoms with Crippen LogP contribution in [0.25, 0.3) is 0 Å². The van der Waals surface area contributed by atoms with Crippen LogP contribution in [-0.2, 0) is 88.6 Å². The average molecular weight is 1890 g/mol. The van der Waals surface area contributed by atoms with Crippen LogP contribution in [0, 0.1) is 0 Å². The van der Waals surface area contributed by atoms with Crippen molar-refractivity contribution in [3.8, 4) is 0 Å². The molecule has 0 saturated heterocycles. The molecule has 0 aromatic heterocycles. The minimum Gasteiger partial charge on any atom is -0.789 e. The Labute approximate surface area is 769 Å². The average Bonchev–Trinajstić information content (AvgIpc) is 1.34. The van der Waals surface area contributed by atoms with Crippen molar-refractivity contribution in [3.63, 3.8) is 0 Å². The largest absolute Gasteiger partial charge is 2.00 e. The molecule has 0 aromatic rings. The molecule has 8 nitrogen and oxygen atoms in total. The van der Waals surface area contributed by atoms with Crippen LogP contribution < -0.4 is 0 Å². The Morgan fingerprint density at radius 1 is 0.186 bits per heavy atom. The van der Waals surface area contributed by atoms with Crippen molar-refractivity contribution in [1.82, 2.24) is 0 Å². The fraction of sp³-hybridized carbons (Fsp3) is 0.878. The zero-order chi connectivity index (χ0) is 79.4. The molecule has 15 heteroatoms. The smallest absolute Gasteiger partial charge is 0.789 e. The zero-order valence-corrected chi connectivity index (χ0v) is 82.9. The van der Waals surface area contributed by atoms with Gasteiger partial charge in [0, 0.05) is 25.7 Å². The zero-order valence-electron chi connectivity index (χ0n) is 72.9. The van der Waals surface area contributed by atoms with E-state index in [4.69, 9.17) is 69.5 Å². The SMILES string of the molecule is C.C.C=CCCCCCCCCCCCCCCCCCCCC(=O)OCC[S-].C=CCCCCCCCCCCCCCCCCCCCC(=O)OCC[S-].C=CCCCCCCCCCCCCCCCCCCCC(=O)OCC[S-].C=CCCCCCCCCCCCCCCCCCCCC(=O)OCC[S-].S.[Sn+2].[Sn+2]. The Hall–Kier alpha value is 0.187. The van der Waals surface area contributed by atoms with Gasteiger partial charge in [0.25, 0.3) is 0 Å². The van der Waals surface area contributed by atoms with E-state index in [1.165, 1.54) is 411 Å². The third kappa shape index (κ3) is 136. The van der Waals surface area contributed by atoms with Crippen molar-refractivity contribution in [2.45, 2.75) is 503 Å². The fourth-order valence-corrected chi connectivity index (χ4v) is 14.1. The van der Waals surface area contributed by atoms with E-state index in [2.05, 4.69) is 26.3 Å². The molecule has 0 spiro atoms. The number of carbonyl (C=O) groups excluding carboxylic acids is 4. The molecule has 0 fully saturated rings. The van der Waals surface area contributed by atoms with Crippen molar-refractivity contribution in [1.29, 1.82) is 0 Å². The van der Waals surface area contributed by atoms with Crippen molar-refractivity contribution < 1.29 is 38.1 Å². The summed E-state index contributed by atoms with van der Waals surface area (Å²) >= 11 is 19.0. The van der Waals surface area contributed by atoms with Crippen LogP contribution in [0.15, 0.2) is 50.6 Å². The number of unbranched alkanes of at least 4 members (excludes halogenated alkanes) is 68. The summed E-state index contributed by atoms with van der Waals surface area (Å²) in [5.74, 6) is 1.69. The van der Waals surface area contributed by atoms with Crippen LogP contribution in [0.5, 0.6) is 0 Å². The van der Waals surface area contributed by atoms with Crippen LogP contribution in [-0.4, -0.2) is 121 Å². The van der Waals surface area contributed by atoms with Gasteiger partial charge in [-0.05, 0) is 77.0 Å². The third-order valence-corrected chi connectivity index (χ3v) is 21.2. The molecular formula is C98H190O8S5Sn2. The van der Waals surface area contributed by atoms with E-state index >= 15 is 0 Å². The molecule has 113 heavy (non-hydrogen) atoms. The van der Waals surface area contributed by atoms with Gasteiger partial charge in [0.1, 0.15) is 0 Å². The van der Waals surface area contributed by atoms with Crippen LogP contribution >= 0.6 is 13.5 Å². The minimum absolute atomic E-state index is 0. The van der Waals surface area contributed by atoms with Crippen LogP contribution in [0.1, 0.15) is 503 Å². The van der Waals surface area contributed by atoms with Gasteiger partial charge in [-0.2, -0.15) is 13.5 Å². The van der Waals surface area contributed by atoms with Crippen LogP contribution in [0.3, 0.4) is 0 Å². The molecule has 0 aliphatic rings. The maximum absolute atomic E-state index is 11.3. The van der Waals surface area contributed by atoms with Gasteiger partial charge in [-0.1, -0.05) is 424 Å². The molecule has 4 radical (unpaired) electrons. The van der Waals surface area contributed by atoms with E-state index in [1.807, 2.05) is 24.3 Å². The first-order chi connectivity index (χ1) is 53.2. The second-order valence-electron chi connectivity index (χ2n) is 31.0. The maximum atomic E-state index is 11.3. The standard InChI is InChI=1S/4C24H46O2S.2CH4.H2S.2Sn/c4*1-2-3-4-5-6-7-8-9-10-11-12-13-14-15-16-17-18-19-20-21-24(25)26-22-23-27;;;;;/h4*2,27H,1,3-23H2;2*1H4;1H2;;/q;;;;;;;2*+2/p-4. The van der Waals surface area contributed by atoms with E-state index in [0.717, 1.165) is 51.4 Å². The molecule has 0 bridgehead atoms. The number of esters is 4. The molecule has 0 unspecified atom stereocenters. The molecule has 0 aliphatic heterocycles. The maximum Gasteiger partial charge on any atom is 2.00 e. The summed E-state index contributed by atoms with van der Waals surface area (Å²) in [6.07, 6.45) is 107. The Morgan fingerprint density at radius 3 is 0.363 bits per heavy atom. The molecule has 0 N–H and O–H groups in total. The van der Waals surface area contributed by atoms with E-state index in [0.29, 0.717) is 75.1 Å².